The number of amides is 1. The summed E-state index contributed by atoms with van der Waals surface area (Å²) in [6.07, 6.45) is 1.42. The fraction of sp³-hybridized carbons (Fsp3) is 0.200. The average Bonchev–Trinajstić information content (AvgIpc) is 2.66. The van der Waals surface area contributed by atoms with Gasteiger partial charge in [0.1, 0.15) is 11.6 Å². The number of halogens is 1. The van der Waals surface area contributed by atoms with Crippen molar-refractivity contribution in [1.82, 2.24) is 0 Å². The molecular weight excluding hydrogens is 392 g/mol. The quantitative estimate of drug-likeness (QED) is 0.508. The maximum atomic E-state index is 12.2. The molecule has 134 valence electrons. The summed E-state index contributed by atoms with van der Waals surface area (Å²) in [5, 5.41) is 14.9. The molecule has 0 aliphatic carbocycles. The summed E-state index contributed by atoms with van der Waals surface area (Å²) in [6.45, 7) is 6.11. The third kappa shape index (κ3) is 5.36. The monoisotopic (exact) mass is 412 g/mol. The van der Waals surface area contributed by atoms with Gasteiger partial charge in [0, 0.05) is 40.8 Å². The van der Waals surface area contributed by atoms with Crippen LogP contribution < -0.4 is 15.5 Å². The number of rotatable bonds is 7. The Hall–Kier alpha value is -2.78. The number of hydrogen-bond donors (Lipinski definition) is 2. The molecule has 2 aromatic rings. The van der Waals surface area contributed by atoms with Gasteiger partial charge < -0.3 is 15.5 Å². The van der Waals surface area contributed by atoms with Crippen LogP contribution in [0.3, 0.4) is 0 Å². The van der Waals surface area contributed by atoms with Crippen LogP contribution in [0.1, 0.15) is 13.8 Å². The number of carbonyl (C=O) groups excluding carboxylic acids is 1. The second-order valence-electron chi connectivity index (χ2n) is 5.49. The van der Waals surface area contributed by atoms with Crippen LogP contribution in [-0.4, -0.2) is 19.0 Å². The average molecular weight is 413 g/mol. The van der Waals surface area contributed by atoms with Gasteiger partial charge in [-0.25, -0.2) is 0 Å². The Balaban J connectivity index is 2.03. The van der Waals surface area contributed by atoms with Crippen molar-refractivity contribution in [2.45, 2.75) is 13.8 Å². The standard InChI is InChI=1S/C20H21BrN4O/c1-3-25(4-2)19-11-9-17(10-12-19)23-14-15(13-22)20(26)24-18-7-5-16(21)6-8-18/h5-12,14,23H,3-4H2,1-2H3,(H,24,26)/b15-14-. The van der Waals surface area contributed by atoms with Crippen LogP contribution in [0.2, 0.25) is 0 Å². The molecule has 0 aliphatic heterocycles. The van der Waals surface area contributed by atoms with Crippen LogP contribution in [0.15, 0.2) is 64.8 Å². The van der Waals surface area contributed by atoms with Crippen LogP contribution in [0.4, 0.5) is 17.1 Å². The zero-order valence-electron chi connectivity index (χ0n) is 14.8. The molecule has 5 nitrogen and oxygen atoms in total. The van der Waals surface area contributed by atoms with E-state index >= 15 is 0 Å². The molecule has 0 saturated carbocycles. The Kier molecular flexibility index (Phi) is 7.24. The molecule has 0 radical (unpaired) electrons. The van der Waals surface area contributed by atoms with Gasteiger partial charge in [-0.15, -0.1) is 0 Å². The molecule has 0 bridgehead atoms. The first-order valence-electron chi connectivity index (χ1n) is 8.36. The summed E-state index contributed by atoms with van der Waals surface area (Å²) in [6, 6.07) is 16.9. The molecule has 0 aliphatic rings. The molecular formula is C20H21BrN4O. The number of nitrogens with zero attached hydrogens (tertiary/aromatic N) is 2. The van der Waals surface area contributed by atoms with E-state index in [-0.39, 0.29) is 5.57 Å². The van der Waals surface area contributed by atoms with Gasteiger partial charge in [0.05, 0.1) is 0 Å². The van der Waals surface area contributed by atoms with Crippen molar-refractivity contribution < 1.29 is 4.79 Å². The second kappa shape index (κ2) is 9.64. The maximum absolute atomic E-state index is 12.2. The predicted molar refractivity (Wildman–Crippen MR) is 110 cm³/mol. The van der Waals surface area contributed by atoms with Crippen molar-refractivity contribution in [3.63, 3.8) is 0 Å². The van der Waals surface area contributed by atoms with Gasteiger partial charge >= 0.3 is 0 Å². The molecule has 2 aromatic carbocycles. The summed E-state index contributed by atoms with van der Waals surface area (Å²) in [5.74, 6) is -0.456. The van der Waals surface area contributed by atoms with E-state index in [2.05, 4.69) is 45.3 Å². The van der Waals surface area contributed by atoms with Crippen LogP contribution >= 0.6 is 15.9 Å². The molecule has 0 atom stereocenters. The minimum Gasteiger partial charge on any atom is -0.372 e. The highest BCUT2D eigenvalue weighted by Crippen LogP contribution is 2.18. The number of nitriles is 1. The molecule has 2 N–H and O–H groups in total. The fourth-order valence-corrected chi connectivity index (χ4v) is 2.66. The number of hydrogen-bond acceptors (Lipinski definition) is 4. The van der Waals surface area contributed by atoms with Crippen LogP contribution in [0.25, 0.3) is 0 Å². The van der Waals surface area contributed by atoms with Crippen LogP contribution in [0.5, 0.6) is 0 Å². The van der Waals surface area contributed by atoms with Gasteiger partial charge in [0.25, 0.3) is 5.91 Å². The predicted octanol–water partition coefficient (Wildman–Crippen LogP) is 4.75. The summed E-state index contributed by atoms with van der Waals surface area (Å²) in [7, 11) is 0. The van der Waals surface area contributed by atoms with Crippen LogP contribution in [0, 0.1) is 11.3 Å². The van der Waals surface area contributed by atoms with E-state index in [1.54, 1.807) is 12.1 Å². The van der Waals surface area contributed by atoms with Gasteiger partial charge in [0.2, 0.25) is 0 Å². The third-order valence-electron chi connectivity index (χ3n) is 3.85. The molecule has 0 unspecified atom stereocenters. The first-order chi connectivity index (χ1) is 12.6. The molecule has 2 rings (SSSR count). The second-order valence-corrected chi connectivity index (χ2v) is 6.41. The van der Waals surface area contributed by atoms with E-state index in [9.17, 15) is 10.1 Å². The van der Waals surface area contributed by atoms with Crippen molar-refractivity contribution in [3.8, 4) is 6.07 Å². The highest BCUT2D eigenvalue weighted by molar-refractivity contribution is 9.10. The van der Waals surface area contributed by atoms with Gasteiger partial charge in [0.15, 0.2) is 0 Å². The minimum atomic E-state index is -0.456. The Morgan fingerprint density at radius 1 is 1.08 bits per heavy atom. The van der Waals surface area contributed by atoms with Crippen LogP contribution in [-0.2, 0) is 4.79 Å². The Labute approximate surface area is 162 Å². The minimum absolute atomic E-state index is 0.000684. The summed E-state index contributed by atoms with van der Waals surface area (Å²) in [5.41, 5.74) is 2.58. The van der Waals surface area contributed by atoms with E-state index in [4.69, 9.17) is 0 Å². The van der Waals surface area contributed by atoms with Crippen molar-refractivity contribution in [2.75, 3.05) is 28.6 Å². The fourth-order valence-electron chi connectivity index (χ4n) is 2.39. The summed E-state index contributed by atoms with van der Waals surface area (Å²) >= 11 is 3.34. The zero-order valence-corrected chi connectivity index (χ0v) is 16.4. The summed E-state index contributed by atoms with van der Waals surface area (Å²) < 4.78 is 0.918. The lowest BCUT2D eigenvalue weighted by molar-refractivity contribution is -0.112. The smallest absolute Gasteiger partial charge is 0.267 e. The van der Waals surface area contributed by atoms with Crippen molar-refractivity contribution in [2.24, 2.45) is 0 Å². The molecule has 0 fully saturated rings. The molecule has 0 spiro atoms. The lowest BCUT2D eigenvalue weighted by Crippen LogP contribution is -2.21. The van der Waals surface area contributed by atoms with E-state index in [1.807, 2.05) is 42.5 Å². The maximum Gasteiger partial charge on any atom is 0.267 e. The first kappa shape index (κ1) is 19.5. The van der Waals surface area contributed by atoms with Gasteiger partial charge in [-0.3, -0.25) is 4.79 Å². The number of nitrogens with one attached hydrogen (secondary N) is 2. The van der Waals surface area contributed by atoms with Crippen molar-refractivity contribution in [1.29, 1.82) is 5.26 Å². The normalized spacial score (nSPS) is 10.8. The molecule has 0 heterocycles. The van der Waals surface area contributed by atoms with E-state index in [0.29, 0.717) is 5.69 Å². The highest BCUT2D eigenvalue weighted by Gasteiger charge is 2.09. The molecule has 26 heavy (non-hydrogen) atoms. The Bertz CT molecular complexity index is 803. The first-order valence-corrected chi connectivity index (χ1v) is 9.15. The highest BCUT2D eigenvalue weighted by atomic mass is 79.9. The van der Waals surface area contributed by atoms with E-state index in [1.165, 1.54) is 6.20 Å². The lowest BCUT2D eigenvalue weighted by atomic mass is 10.2. The third-order valence-corrected chi connectivity index (χ3v) is 4.37. The summed E-state index contributed by atoms with van der Waals surface area (Å²) in [4.78, 5) is 14.5. The number of anilines is 3. The molecule has 6 heteroatoms. The number of benzene rings is 2. The molecule has 1 amide bonds. The zero-order chi connectivity index (χ0) is 18.9. The Morgan fingerprint density at radius 2 is 1.65 bits per heavy atom. The number of carbonyl (C=O) groups is 1. The molecule has 0 saturated heterocycles. The van der Waals surface area contributed by atoms with Gasteiger partial charge in [-0.2, -0.15) is 5.26 Å². The largest absolute Gasteiger partial charge is 0.372 e. The SMILES string of the molecule is CCN(CC)c1ccc(N/C=C(/C#N)C(=O)Nc2ccc(Br)cc2)cc1. The molecule has 0 aromatic heterocycles. The topological polar surface area (TPSA) is 68.2 Å². The van der Waals surface area contributed by atoms with Crippen molar-refractivity contribution in [3.05, 3.63) is 64.8 Å². The van der Waals surface area contributed by atoms with E-state index in [0.717, 1.165) is 28.9 Å². The van der Waals surface area contributed by atoms with Gasteiger partial charge in [-0.1, -0.05) is 15.9 Å². The van der Waals surface area contributed by atoms with Crippen molar-refractivity contribution >= 4 is 38.9 Å². The lowest BCUT2D eigenvalue weighted by Gasteiger charge is -2.21. The van der Waals surface area contributed by atoms with E-state index < -0.39 is 5.91 Å². The van der Waals surface area contributed by atoms with Gasteiger partial charge in [-0.05, 0) is 62.4 Å². The Morgan fingerprint density at radius 3 is 2.19 bits per heavy atom.